The Balaban J connectivity index is 2.88. The van der Waals surface area contributed by atoms with Crippen molar-refractivity contribution in [2.24, 2.45) is 5.92 Å². The van der Waals surface area contributed by atoms with Crippen LogP contribution in [0.3, 0.4) is 0 Å². The highest BCUT2D eigenvalue weighted by molar-refractivity contribution is 9.10. The first kappa shape index (κ1) is 17.0. The Bertz CT molecular complexity index is 593. The first-order chi connectivity index (χ1) is 9.72. The molecule has 1 amide bonds. The molecular weight excluding hydrogens is 351 g/mol. The maximum atomic E-state index is 13.3. The zero-order valence-corrected chi connectivity index (χ0v) is 12.5. The van der Waals surface area contributed by atoms with E-state index in [1.54, 1.807) is 6.92 Å². The number of aliphatic carboxylic acids is 1. The fourth-order valence-corrected chi connectivity index (χ4v) is 2.16. The fourth-order valence-electron chi connectivity index (χ4n) is 1.61. The maximum Gasteiger partial charge on any atom is 0.303 e. The van der Waals surface area contributed by atoms with Gasteiger partial charge in [0.1, 0.15) is 10.3 Å². The topological polar surface area (TPSA) is 110 Å². The van der Waals surface area contributed by atoms with E-state index in [-0.39, 0.29) is 28.9 Å². The van der Waals surface area contributed by atoms with Crippen LogP contribution in [-0.2, 0) is 4.79 Å². The summed E-state index contributed by atoms with van der Waals surface area (Å²) in [5.41, 5.74) is -0.775. The van der Waals surface area contributed by atoms with Gasteiger partial charge in [0.25, 0.3) is 11.6 Å². The summed E-state index contributed by atoms with van der Waals surface area (Å²) in [7, 11) is 0. The number of benzene rings is 1. The molecule has 9 heteroatoms. The molecule has 0 aliphatic carbocycles. The van der Waals surface area contributed by atoms with Crippen molar-refractivity contribution in [3.05, 3.63) is 38.1 Å². The number of halogens is 2. The summed E-state index contributed by atoms with van der Waals surface area (Å²) in [6, 6.07) is 1.57. The number of nitrogens with zero attached hydrogens (tertiary/aromatic N) is 1. The quantitative estimate of drug-likeness (QED) is 0.596. The number of nitro benzene ring substituents is 1. The number of carbonyl (C=O) groups is 2. The van der Waals surface area contributed by atoms with Gasteiger partial charge >= 0.3 is 5.97 Å². The molecule has 0 aliphatic rings. The predicted octanol–water partition coefficient (Wildman–Crippen LogP) is 2.34. The number of carboxylic acids is 1. The van der Waals surface area contributed by atoms with E-state index < -0.39 is 28.3 Å². The monoisotopic (exact) mass is 362 g/mol. The van der Waals surface area contributed by atoms with E-state index in [0.717, 1.165) is 6.07 Å². The Hall–Kier alpha value is -2.03. The summed E-state index contributed by atoms with van der Waals surface area (Å²) in [4.78, 5) is 32.3. The molecule has 0 aliphatic heterocycles. The SMILES string of the molecule is CC(CNC(=O)c1cc(F)cc([N+](=O)[O-])c1Br)CC(=O)O. The number of rotatable bonds is 6. The van der Waals surface area contributed by atoms with Crippen LogP contribution in [0.1, 0.15) is 23.7 Å². The van der Waals surface area contributed by atoms with Crippen LogP contribution >= 0.6 is 15.9 Å². The molecule has 2 N–H and O–H groups in total. The van der Waals surface area contributed by atoms with E-state index in [9.17, 15) is 24.1 Å². The van der Waals surface area contributed by atoms with E-state index >= 15 is 0 Å². The zero-order chi connectivity index (χ0) is 16.2. The van der Waals surface area contributed by atoms with Crippen LogP contribution in [0.4, 0.5) is 10.1 Å². The lowest BCUT2D eigenvalue weighted by atomic mass is 10.1. The van der Waals surface area contributed by atoms with Gasteiger partial charge < -0.3 is 10.4 Å². The lowest BCUT2D eigenvalue weighted by molar-refractivity contribution is -0.385. The van der Waals surface area contributed by atoms with Crippen molar-refractivity contribution in [3.63, 3.8) is 0 Å². The highest BCUT2D eigenvalue weighted by Gasteiger charge is 2.22. The van der Waals surface area contributed by atoms with Gasteiger partial charge in [0.2, 0.25) is 0 Å². The van der Waals surface area contributed by atoms with E-state index in [4.69, 9.17) is 5.11 Å². The number of nitrogens with one attached hydrogen (secondary N) is 1. The van der Waals surface area contributed by atoms with Gasteiger partial charge in [-0.15, -0.1) is 0 Å². The Labute approximate surface area is 127 Å². The van der Waals surface area contributed by atoms with Crippen LogP contribution in [0.2, 0.25) is 0 Å². The lowest BCUT2D eigenvalue weighted by Crippen LogP contribution is -2.29. The molecule has 21 heavy (non-hydrogen) atoms. The van der Waals surface area contributed by atoms with Crippen molar-refractivity contribution in [1.82, 2.24) is 5.32 Å². The van der Waals surface area contributed by atoms with E-state index in [1.807, 2.05) is 0 Å². The standard InChI is InChI=1S/C12H12BrFN2O5/c1-6(2-10(17)18)5-15-12(19)8-3-7(14)4-9(11(8)13)16(20)21/h3-4,6H,2,5H2,1H3,(H,15,19)(H,17,18). The summed E-state index contributed by atoms with van der Waals surface area (Å²) in [5, 5.41) is 21.8. The van der Waals surface area contributed by atoms with Crippen molar-refractivity contribution < 1.29 is 24.0 Å². The molecule has 1 rings (SSSR count). The van der Waals surface area contributed by atoms with Crippen LogP contribution in [0, 0.1) is 21.8 Å². The first-order valence-corrected chi connectivity index (χ1v) is 6.65. The summed E-state index contributed by atoms with van der Waals surface area (Å²) in [6.07, 6.45) is -0.134. The van der Waals surface area contributed by atoms with Crippen LogP contribution in [0.5, 0.6) is 0 Å². The van der Waals surface area contributed by atoms with Gasteiger partial charge in [-0.1, -0.05) is 6.92 Å². The molecule has 1 atom stereocenters. The molecule has 1 aromatic rings. The molecule has 0 heterocycles. The third kappa shape index (κ3) is 4.78. The maximum absolute atomic E-state index is 13.3. The minimum Gasteiger partial charge on any atom is -0.481 e. The van der Waals surface area contributed by atoms with Crippen LogP contribution < -0.4 is 5.32 Å². The number of nitro groups is 1. The summed E-state index contributed by atoms with van der Waals surface area (Å²) in [6.45, 7) is 1.68. The number of hydrogen-bond acceptors (Lipinski definition) is 4. The Morgan fingerprint density at radius 2 is 2.14 bits per heavy atom. The molecule has 0 bridgehead atoms. The fraction of sp³-hybridized carbons (Fsp3) is 0.333. The molecule has 0 radical (unpaired) electrons. The number of amides is 1. The molecule has 1 unspecified atom stereocenters. The van der Waals surface area contributed by atoms with Crippen molar-refractivity contribution in [3.8, 4) is 0 Å². The van der Waals surface area contributed by atoms with Crippen LogP contribution in [0.15, 0.2) is 16.6 Å². The van der Waals surface area contributed by atoms with Gasteiger partial charge in [-0.25, -0.2) is 4.39 Å². The Morgan fingerprint density at radius 1 is 1.52 bits per heavy atom. The van der Waals surface area contributed by atoms with E-state index in [2.05, 4.69) is 21.2 Å². The summed E-state index contributed by atoms with van der Waals surface area (Å²) in [5.74, 6) is -2.96. The third-order valence-electron chi connectivity index (χ3n) is 2.59. The highest BCUT2D eigenvalue weighted by Crippen LogP contribution is 2.29. The number of carboxylic acid groups (broad SMARTS) is 1. The van der Waals surface area contributed by atoms with Crippen molar-refractivity contribution in [2.45, 2.75) is 13.3 Å². The largest absolute Gasteiger partial charge is 0.481 e. The Kier molecular flexibility index (Phi) is 5.77. The van der Waals surface area contributed by atoms with E-state index in [1.165, 1.54) is 0 Å². The molecule has 0 spiro atoms. The molecule has 0 fully saturated rings. The molecule has 0 aromatic heterocycles. The minimum atomic E-state index is -1.00. The lowest BCUT2D eigenvalue weighted by Gasteiger charge is -2.11. The highest BCUT2D eigenvalue weighted by atomic mass is 79.9. The smallest absolute Gasteiger partial charge is 0.303 e. The Morgan fingerprint density at radius 3 is 2.67 bits per heavy atom. The summed E-state index contributed by atoms with van der Waals surface area (Å²) < 4.78 is 13.2. The number of carbonyl (C=O) groups excluding carboxylic acids is 1. The molecule has 0 saturated heterocycles. The zero-order valence-electron chi connectivity index (χ0n) is 10.9. The van der Waals surface area contributed by atoms with Crippen LogP contribution in [-0.4, -0.2) is 28.5 Å². The van der Waals surface area contributed by atoms with Gasteiger partial charge in [0.15, 0.2) is 0 Å². The average Bonchev–Trinajstić information content (AvgIpc) is 2.37. The second-order valence-corrected chi connectivity index (χ2v) is 5.25. The minimum absolute atomic E-state index is 0.0574. The van der Waals surface area contributed by atoms with Crippen molar-refractivity contribution >= 4 is 33.5 Å². The second kappa shape index (κ2) is 7.11. The average molecular weight is 363 g/mol. The molecule has 0 saturated carbocycles. The van der Waals surface area contributed by atoms with Crippen molar-refractivity contribution in [2.75, 3.05) is 6.54 Å². The van der Waals surface area contributed by atoms with Gasteiger partial charge in [0, 0.05) is 13.0 Å². The molecular formula is C12H12BrFN2O5. The molecule has 114 valence electrons. The van der Waals surface area contributed by atoms with Crippen molar-refractivity contribution in [1.29, 1.82) is 0 Å². The normalized spacial score (nSPS) is 11.8. The van der Waals surface area contributed by atoms with Crippen LogP contribution in [0.25, 0.3) is 0 Å². The van der Waals surface area contributed by atoms with Gasteiger partial charge in [-0.05, 0) is 27.9 Å². The third-order valence-corrected chi connectivity index (χ3v) is 3.43. The number of hydrogen-bond donors (Lipinski definition) is 2. The van der Waals surface area contributed by atoms with E-state index in [0.29, 0.717) is 6.07 Å². The molecule has 7 nitrogen and oxygen atoms in total. The predicted molar refractivity (Wildman–Crippen MR) is 74.5 cm³/mol. The van der Waals surface area contributed by atoms with Gasteiger partial charge in [-0.2, -0.15) is 0 Å². The molecule has 1 aromatic carbocycles. The van der Waals surface area contributed by atoms with Gasteiger partial charge in [0.05, 0.1) is 16.6 Å². The first-order valence-electron chi connectivity index (χ1n) is 5.85. The summed E-state index contributed by atoms with van der Waals surface area (Å²) >= 11 is 2.90. The van der Waals surface area contributed by atoms with Gasteiger partial charge in [-0.3, -0.25) is 19.7 Å². The second-order valence-electron chi connectivity index (χ2n) is 4.46.